The molecule has 10 heteroatoms. The van der Waals surface area contributed by atoms with Crippen molar-refractivity contribution in [1.82, 2.24) is 24.4 Å². The van der Waals surface area contributed by atoms with Crippen LogP contribution in [0.15, 0.2) is 42.7 Å². The van der Waals surface area contributed by atoms with E-state index in [2.05, 4.69) is 75.6 Å². The Morgan fingerprint density at radius 3 is 2.40 bits per heavy atom. The number of hydrogen-bond donors (Lipinski definition) is 1. The monoisotopic (exact) mass is 658 g/mol. The first kappa shape index (κ1) is 33.5. The molecular weight excluding hydrogens is 605 g/mol. The van der Waals surface area contributed by atoms with Gasteiger partial charge in [-0.15, -0.1) is 0 Å². The van der Waals surface area contributed by atoms with Crippen LogP contribution in [0.25, 0.3) is 16.8 Å². The summed E-state index contributed by atoms with van der Waals surface area (Å²) in [6.07, 6.45) is 13.9. The molecule has 2 aromatic heterocycles. The Morgan fingerprint density at radius 2 is 1.72 bits per heavy atom. The van der Waals surface area contributed by atoms with Crippen LogP contribution in [-0.2, 0) is 16.2 Å². The molecule has 1 N–H and O–H groups in total. The molecule has 1 aromatic carbocycles. The summed E-state index contributed by atoms with van der Waals surface area (Å²) in [5, 5.41) is 0. The zero-order chi connectivity index (χ0) is 33.2. The van der Waals surface area contributed by atoms with Crippen molar-refractivity contribution >= 4 is 25.6 Å². The molecule has 0 unspecified atom stereocenters. The van der Waals surface area contributed by atoms with Gasteiger partial charge in [-0.05, 0) is 75.6 Å². The van der Waals surface area contributed by atoms with Gasteiger partial charge in [0.1, 0.15) is 29.8 Å². The van der Waals surface area contributed by atoms with Gasteiger partial charge >= 0.3 is 6.09 Å². The van der Waals surface area contributed by atoms with Crippen molar-refractivity contribution in [3.8, 4) is 11.3 Å². The largest absolute Gasteiger partial charge is 0.444 e. The highest BCUT2D eigenvalue weighted by Gasteiger charge is 2.35. The minimum absolute atomic E-state index is 0.0875. The Morgan fingerprint density at radius 1 is 0.979 bits per heavy atom. The highest BCUT2D eigenvalue weighted by atomic mass is 28.3. The lowest BCUT2D eigenvalue weighted by Crippen LogP contribution is -2.36. The Hall–Kier alpha value is -3.37. The quantitative estimate of drug-likeness (QED) is 0.173. The molecule has 1 amide bonds. The Bertz CT molecular complexity index is 1540. The van der Waals surface area contributed by atoms with Crippen molar-refractivity contribution in [3.63, 3.8) is 0 Å². The molecule has 2 fully saturated rings. The number of likely N-dealkylation sites (tertiary alicyclic amines) is 1. The summed E-state index contributed by atoms with van der Waals surface area (Å²) in [6, 6.07) is 9.86. The first-order valence-electron chi connectivity index (χ1n) is 17.7. The molecule has 0 radical (unpaired) electrons. The number of amides is 1. The van der Waals surface area contributed by atoms with Gasteiger partial charge in [-0.25, -0.2) is 14.8 Å². The van der Waals surface area contributed by atoms with E-state index in [1.165, 1.54) is 54.5 Å². The van der Waals surface area contributed by atoms with Crippen LogP contribution in [0.3, 0.4) is 0 Å². The van der Waals surface area contributed by atoms with Crippen LogP contribution in [-0.4, -0.2) is 70.4 Å². The second kappa shape index (κ2) is 14.0. The Kier molecular flexibility index (Phi) is 9.99. The first-order chi connectivity index (χ1) is 22.4. The summed E-state index contributed by atoms with van der Waals surface area (Å²) in [5.74, 6) is 3.77. The maximum atomic E-state index is 12.8. The minimum Gasteiger partial charge on any atom is -0.444 e. The van der Waals surface area contributed by atoms with E-state index < -0.39 is 13.7 Å². The fraction of sp³-hybridized carbons (Fsp3) is 0.595. The zero-order valence-electron chi connectivity index (χ0n) is 29.3. The van der Waals surface area contributed by atoms with Crippen molar-refractivity contribution in [2.24, 2.45) is 0 Å². The second-order valence-corrected chi connectivity index (χ2v) is 21.4. The highest BCUT2D eigenvalue weighted by Crippen LogP contribution is 2.37. The molecule has 0 spiro atoms. The third-order valence-electron chi connectivity index (χ3n) is 9.69. The number of ether oxygens (including phenoxy) is 2. The molecule has 1 saturated carbocycles. The van der Waals surface area contributed by atoms with E-state index in [1.807, 2.05) is 27.0 Å². The highest BCUT2D eigenvalue weighted by molar-refractivity contribution is 6.76. The van der Waals surface area contributed by atoms with Crippen LogP contribution in [0.4, 0.5) is 10.6 Å². The number of carbonyl (C=O) groups is 1. The molecule has 254 valence electrons. The average molecular weight is 659 g/mol. The molecule has 1 saturated heterocycles. The van der Waals surface area contributed by atoms with Gasteiger partial charge in [0, 0.05) is 40.2 Å². The second-order valence-electron chi connectivity index (χ2n) is 15.7. The molecule has 3 aromatic rings. The molecule has 9 nitrogen and oxygen atoms in total. The number of anilines is 1. The predicted molar refractivity (Wildman–Crippen MR) is 191 cm³/mol. The van der Waals surface area contributed by atoms with Crippen LogP contribution in [0.5, 0.6) is 0 Å². The number of hydrogen-bond acceptors (Lipinski definition) is 6. The number of aromatic amines is 1. The molecule has 3 aliphatic rings. The molecular formula is C37H54N6O3Si. The number of carbonyl (C=O) groups excluding carboxylic acids is 1. The summed E-state index contributed by atoms with van der Waals surface area (Å²) in [5.41, 5.74) is 4.17. The SMILES string of the molecule is CC(C)(C)OC(=O)N1CCC[C@H]1c1ncc(-c2ccc(C3=CCN(c4cnc(C5CCCC5)n4COCC[Si](C)(C)C)CC3)cc2)[nH]1. The minimum atomic E-state index is -1.14. The van der Waals surface area contributed by atoms with Crippen LogP contribution in [0.2, 0.25) is 25.7 Å². The summed E-state index contributed by atoms with van der Waals surface area (Å²) in [6.45, 7) is 16.8. The van der Waals surface area contributed by atoms with Gasteiger partial charge in [0.05, 0.1) is 24.1 Å². The third kappa shape index (κ3) is 8.20. The van der Waals surface area contributed by atoms with Crippen LogP contribution < -0.4 is 4.90 Å². The molecule has 4 heterocycles. The number of nitrogens with zero attached hydrogens (tertiary/aromatic N) is 5. The number of nitrogens with one attached hydrogen (secondary N) is 1. The number of aromatic nitrogens is 4. The van der Waals surface area contributed by atoms with E-state index in [4.69, 9.17) is 14.5 Å². The summed E-state index contributed by atoms with van der Waals surface area (Å²) >= 11 is 0. The van der Waals surface area contributed by atoms with E-state index in [-0.39, 0.29) is 12.1 Å². The van der Waals surface area contributed by atoms with Gasteiger partial charge in [-0.3, -0.25) is 9.47 Å². The van der Waals surface area contributed by atoms with Gasteiger partial charge in [-0.2, -0.15) is 0 Å². The smallest absolute Gasteiger partial charge is 0.410 e. The lowest BCUT2D eigenvalue weighted by molar-refractivity contribution is 0.0218. The van der Waals surface area contributed by atoms with Crippen LogP contribution >= 0.6 is 0 Å². The van der Waals surface area contributed by atoms with Crippen molar-refractivity contribution in [3.05, 3.63) is 59.9 Å². The topological polar surface area (TPSA) is 88.5 Å². The van der Waals surface area contributed by atoms with Gasteiger partial charge < -0.3 is 19.4 Å². The van der Waals surface area contributed by atoms with E-state index in [9.17, 15) is 4.79 Å². The maximum Gasteiger partial charge on any atom is 0.410 e. The van der Waals surface area contributed by atoms with Crippen molar-refractivity contribution in [2.45, 2.75) is 116 Å². The number of imidazole rings is 2. The molecule has 2 aliphatic heterocycles. The summed E-state index contributed by atoms with van der Waals surface area (Å²) in [4.78, 5) is 30.2. The molecule has 6 rings (SSSR count). The number of H-pyrrole nitrogens is 1. The van der Waals surface area contributed by atoms with Crippen LogP contribution in [0, 0.1) is 0 Å². The van der Waals surface area contributed by atoms with Gasteiger partial charge in [-0.1, -0.05) is 62.8 Å². The molecule has 0 bridgehead atoms. The van der Waals surface area contributed by atoms with E-state index in [0.717, 1.165) is 56.0 Å². The van der Waals surface area contributed by atoms with Crippen molar-refractivity contribution < 1.29 is 14.3 Å². The van der Waals surface area contributed by atoms with Gasteiger partial charge in [0.25, 0.3) is 0 Å². The van der Waals surface area contributed by atoms with E-state index in [1.54, 1.807) is 4.90 Å². The maximum absolute atomic E-state index is 12.8. The summed E-state index contributed by atoms with van der Waals surface area (Å²) < 4.78 is 14.3. The standard InChI is InChI=1S/C37H54N6O3Si/c1-37(2,3)46-36(44)42-19-9-12-32(42)34-38-24-31(40-34)29-15-13-27(14-16-29)28-17-20-41(21-18-28)33-25-39-35(30-10-7-8-11-30)43(33)26-45-22-23-47(4,5)6/h13-17,24-25,30,32H,7-12,18-23,26H2,1-6H3,(H,38,40)/t32-/m0/s1. The van der Waals surface area contributed by atoms with Crippen molar-refractivity contribution in [1.29, 1.82) is 0 Å². The molecule has 1 atom stereocenters. The van der Waals surface area contributed by atoms with E-state index in [0.29, 0.717) is 19.2 Å². The van der Waals surface area contributed by atoms with Crippen LogP contribution in [0.1, 0.15) is 94.9 Å². The Balaban J connectivity index is 1.10. The van der Waals surface area contributed by atoms with Gasteiger partial charge in [0.2, 0.25) is 0 Å². The van der Waals surface area contributed by atoms with E-state index >= 15 is 0 Å². The molecule has 47 heavy (non-hydrogen) atoms. The lowest BCUT2D eigenvalue weighted by atomic mass is 9.98. The first-order valence-corrected chi connectivity index (χ1v) is 21.4. The van der Waals surface area contributed by atoms with Gasteiger partial charge in [0.15, 0.2) is 0 Å². The fourth-order valence-corrected chi connectivity index (χ4v) is 7.81. The zero-order valence-corrected chi connectivity index (χ0v) is 30.3. The third-order valence-corrected chi connectivity index (χ3v) is 11.4. The number of rotatable bonds is 10. The predicted octanol–water partition coefficient (Wildman–Crippen LogP) is 8.61. The summed E-state index contributed by atoms with van der Waals surface area (Å²) in [7, 11) is -1.14. The lowest BCUT2D eigenvalue weighted by Gasteiger charge is -2.30. The number of benzene rings is 1. The van der Waals surface area contributed by atoms with Crippen molar-refractivity contribution in [2.75, 3.05) is 31.1 Å². The average Bonchev–Trinajstić information content (AvgIpc) is 3.85. The fourth-order valence-electron chi connectivity index (χ4n) is 7.06. The normalized spacial score (nSPS) is 19.4. The molecule has 1 aliphatic carbocycles. The Labute approximate surface area is 281 Å².